The maximum absolute atomic E-state index is 10.8. The highest BCUT2D eigenvalue weighted by molar-refractivity contribution is 7.58. The molecule has 0 atom stereocenters. The van der Waals surface area contributed by atoms with Crippen LogP contribution in [0.4, 0.5) is 0 Å². The van der Waals surface area contributed by atoms with E-state index in [1.807, 2.05) is 0 Å². The Morgan fingerprint density at radius 2 is 1.56 bits per heavy atom. The molecule has 0 saturated carbocycles. The summed E-state index contributed by atoms with van der Waals surface area (Å²) < 4.78 is 10.8. The largest absolute Gasteiger partial charge is 0.344 e. The summed E-state index contributed by atoms with van der Waals surface area (Å²) in [5, 5.41) is 0. The summed E-state index contributed by atoms with van der Waals surface area (Å²) in [5.41, 5.74) is 0. The summed E-state index contributed by atoms with van der Waals surface area (Å²) in [6, 6.07) is 0. The monoisotopic (exact) mass is 190 g/mol. The van der Waals surface area contributed by atoms with Gasteiger partial charge in [-0.1, -0.05) is 0 Å². The summed E-state index contributed by atoms with van der Waals surface area (Å²) >= 11 is 10.5. The van der Waals surface area contributed by atoms with E-state index < -0.39 is 7.37 Å². The van der Waals surface area contributed by atoms with Gasteiger partial charge in [-0.3, -0.25) is 4.57 Å². The van der Waals surface area contributed by atoms with E-state index in [-0.39, 0.29) is 24.1 Å². The SMILES string of the molecule is O=P(O)(CCCl)CCCl. The van der Waals surface area contributed by atoms with Crippen LogP contribution in [-0.2, 0) is 4.57 Å². The van der Waals surface area contributed by atoms with Crippen LogP contribution in [0.25, 0.3) is 0 Å². The van der Waals surface area contributed by atoms with Crippen molar-refractivity contribution in [2.24, 2.45) is 0 Å². The zero-order chi connectivity index (χ0) is 7.33. The molecule has 0 rings (SSSR count). The Kier molecular flexibility index (Phi) is 4.96. The Balaban J connectivity index is 3.58. The minimum atomic E-state index is -2.96. The van der Waals surface area contributed by atoms with Gasteiger partial charge in [0.15, 0.2) is 0 Å². The lowest BCUT2D eigenvalue weighted by molar-refractivity contribution is 0.481. The first-order valence-corrected chi connectivity index (χ1v) is 5.65. The second-order valence-corrected chi connectivity index (χ2v) is 5.01. The summed E-state index contributed by atoms with van der Waals surface area (Å²) in [5.74, 6) is 0.454. The van der Waals surface area contributed by atoms with Crippen LogP contribution in [0.2, 0.25) is 0 Å². The Morgan fingerprint density at radius 3 is 1.78 bits per heavy atom. The highest BCUT2D eigenvalue weighted by Gasteiger charge is 2.14. The van der Waals surface area contributed by atoms with Crippen molar-refractivity contribution in [3.63, 3.8) is 0 Å². The maximum atomic E-state index is 10.8. The van der Waals surface area contributed by atoms with Crippen molar-refractivity contribution < 1.29 is 9.46 Å². The van der Waals surface area contributed by atoms with Gasteiger partial charge >= 0.3 is 0 Å². The molecule has 2 nitrogen and oxygen atoms in total. The standard InChI is InChI=1S/C4H9Cl2O2P/c5-1-3-9(7,8)4-2-6/h1-4H2,(H,7,8). The molecular weight excluding hydrogens is 182 g/mol. The van der Waals surface area contributed by atoms with Crippen LogP contribution in [-0.4, -0.2) is 29.0 Å². The second kappa shape index (κ2) is 4.56. The first kappa shape index (κ1) is 9.77. The second-order valence-electron chi connectivity index (χ2n) is 1.67. The molecule has 0 amide bonds. The van der Waals surface area contributed by atoms with Crippen molar-refractivity contribution in [3.05, 3.63) is 0 Å². The molecule has 9 heavy (non-hydrogen) atoms. The Labute approximate surface area is 64.6 Å². The van der Waals surface area contributed by atoms with Crippen LogP contribution in [0.15, 0.2) is 0 Å². The number of rotatable bonds is 4. The average molecular weight is 191 g/mol. The molecule has 0 saturated heterocycles. The van der Waals surface area contributed by atoms with E-state index in [1.54, 1.807) is 0 Å². The van der Waals surface area contributed by atoms with E-state index in [0.717, 1.165) is 0 Å². The summed E-state index contributed by atoms with van der Waals surface area (Å²) in [7, 11) is -2.96. The van der Waals surface area contributed by atoms with E-state index in [9.17, 15) is 4.57 Å². The fraction of sp³-hybridized carbons (Fsp3) is 1.00. The number of halogens is 2. The molecule has 1 N–H and O–H groups in total. The van der Waals surface area contributed by atoms with Crippen molar-refractivity contribution in [1.82, 2.24) is 0 Å². The van der Waals surface area contributed by atoms with Crippen LogP contribution in [0.5, 0.6) is 0 Å². The Bertz CT molecular complexity index is 107. The third-order valence-corrected chi connectivity index (χ3v) is 3.62. The van der Waals surface area contributed by atoms with Crippen molar-refractivity contribution >= 4 is 30.6 Å². The molecular formula is C4H9Cl2O2P. The highest BCUT2D eigenvalue weighted by atomic mass is 35.5. The summed E-state index contributed by atoms with van der Waals surface area (Å²) in [6.07, 6.45) is 0.336. The zero-order valence-electron chi connectivity index (χ0n) is 4.89. The number of hydrogen-bond donors (Lipinski definition) is 1. The molecule has 0 heterocycles. The van der Waals surface area contributed by atoms with Crippen LogP contribution in [0, 0.1) is 0 Å². The number of alkyl halides is 2. The van der Waals surface area contributed by atoms with Crippen molar-refractivity contribution in [2.45, 2.75) is 0 Å². The molecule has 0 aromatic rings. The average Bonchev–Trinajstić information content (AvgIpc) is 1.64. The fourth-order valence-electron chi connectivity index (χ4n) is 0.376. The van der Waals surface area contributed by atoms with Gasteiger partial charge in [-0.15, -0.1) is 23.2 Å². The molecule has 0 aliphatic heterocycles. The Hall–Kier alpha value is 0.770. The molecule has 0 aromatic heterocycles. The maximum Gasteiger partial charge on any atom is 0.203 e. The third kappa shape index (κ3) is 5.23. The summed E-state index contributed by atoms with van der Waals surface area (Å²) in [4.78, 5) is 8.90. The van der Waals surface area contributed by atoms with Crippen LogP contribution in [0.3, 0.4) is 0 Å². The molecule has 0 aromatic carbocycles. The predicted octanol–water partition coefficient (Wildman–Crippen LogP) is 1.73. The molecule has 56 valence electrons. The van der Waals surface area contributed by atoms with Gasteiger partial charge < -0.3 is 4.89 Å². The lowest BCUT2D eigenvalue weighted by Gasteiger charge is -2.05. The summed E-state index contributed by atoms with van der Waals surface area (Å²) in [6.45, 7) is 0. The van der Waals surface area contributed by atoms with E-state index in [4.69, 9.17) is 28.1 Å². The number of hydrogen-bond acceptors (Lipinski definition) is 1. The Morgan fingerprint density at radius 1 is 1.22 bits per heavy atom. The normalized spacial score (nSPS) is 11.9. The fourth-order valence-corrected chi connectivity index (χ4v) is 2.71. The molecule has 0 bridgehead atoms. The van der Waals surface area contributed by atoms with E-state index >= 15 is 0 Å². The van der Waals surface area contributed by atoms with E-state index in [2.05, 4.69) is 0 Å². The van der Waals surface area contributed by atoms with Crippen molar-refractivity contribution in [1.29, 1.82) is 0 Å². The highest BCUT2D eigenvalue weighted by Crippen LogP contribution is 2.39. The molecule has 0 unspecified atom stereocenters. The molecule has 0 fully saturated rings. The first-order chi connectivity index (χ1) is 4.12. The van der Waals surface area contributed by atoms with Crippen LogP contribution in [0.1, 0.15) is 0 Å². The van der Waals surface area contributed by atoms with E-state index in [0.29, 0.717) is 0 Å². The topological polar surface area (TPSA) is 37.3 Å². The van der Waals surface area contributed by atoms with Gasteiger partial charge in [0.1, 0.15) is 0 Å². The van der Waals surface area contributed by atoms with Crippen LogP contribution >= 0.6 is 30.6 Å². The molecule has 0 aliphatic rings. The molecule has 5 heteroatoms. The third-order valence-electron chi connectivity index (χ3n) is 0.868. The van der Waals surface area contributed by atoms with Crippen molar-refractivity contribution in [3.8, 4) is 0 Å². The van der Waals surface area contributed by atoms with Gasteiger partial charge in [0.25, 0.3) is 0 Å². The van der Waals surface area contributed by atoms with Crippen molar-refractivity contribution in [2.75, 3.05) is 24.1 Å². The van der Waals surface area contributed by atoms with Crippen LogP contribution < -0.4 is 0 Å². The minimum Gasteiger partial charge on any atom is -0.344 e. The van der Waals surface area contributed by atoms with Gasteiger partial charge in [0, 0.05) is 24.1 Å². The predicted molar refractivity (Wildman–Crippen MR) is 41.0 cm³/mol. The molecule has 0 spiro atoms. The molecule has 0 radical (unpaired) electrons. The lowest BCUT2D eigenvalue weighted by Crippen LogP contribution is -1.96. The lowest BCUT2D eigenvalue weighted by atomic mass is 10.9. The van der Waals surface area contributed by atoms with Gasteiger partial charge in [-0.25, -0.2) is 0 Å². The first-order valence-electron chi connectivity index (χ1n) is 2.55. The van der Waals surface area contributed by atoms with Gasteiger partial charge in [0.2, 0.25) is 7.37 Å². The quantitative estimate of drug-likeness (QED) is 0.542. The van der Waals surface area contributed by atoms with E-state index in [1.165, 1.54) is 0 Å². The van der Waals surface area contributed by atoms with Gasteiger partial charge in [0.05, 0.1) is 0 Å². The van der Waals surface area contributed by atoms with Gasteiger partial charge in [-0.2, -0.15) is 0 Å². The molecule has 0 aliphatic carbocycles. The van der Waals surface area contributed by atoms with Gasteiger partial charge in [-0.05, 0) is 0 Å². The smallest absolute Gasteiger partial charge is 0.203 e. The minimum absolute atomic E-state index is 0.168. The zero-order valence-corrected chi connectivity index (χ0v) is 7.29.